The lowest BCUT2D eigenvalue weighted by Crippen LogP contribution is -2.56. The Morgan fingerprint density at radius 2 is 1.89 bits per heavy atom. The van der Waals surface area contributed by atoms with Crippen LogP contribution in [-0.4, -0.2) is 23.8 Å². The van der Waals surface area contributed by atoms with Gasteiger partial charge in [0.05, 0.1) is 0 Å². The van der Waals surface area contributed by atoms with E-state index < -0.39 is 0 Å². The summed E-state index contributed by atoms with van der Waals surface area (Å²) in [6.07, 6.45) is 5.01. The van der Waals surface area contributed by atoms with Gasteiger partial charge in [-0.05, 0) is 47.8 Å². The first kappa shape index (κ1) is 15.3. The van der Waals surface area contributed by atoms with Crippen LogP contribution in [0.25, 0.3) is 0 Å². The van der Waals surface area contributed by atoms with Gasteiger partial charge in [0.1, 0.15) is 0 Å². The van der Waals surface area contributed by atoms with Crippen molar-refractivity contribution in [3.05, 3.63) is 0 Å². The topological polar surface area (TPSA) is 32.3 Å². The molecule has 0 radical (unpaired) electrons. The van der Waals surface area contributed by atoms with E-state index in [2.05, 4.69) is 46.9 Å². The molecular formula is C17H33NO. The molecule has 2 saturated carbocycles. The summed E-state index contributed by atoms with van der Waals surface area (Å²) in [5.74, 6) is 0.879. The zero-order chi connectivity index (χ0) is 14.5. The van der Waals surface area contributed by atoms with Crippen molar-refractivity contribution < 1.29 is 5.11 Å². The molecule has 112 valence electrons. The molecule has 2 aliphatic rings. The van der Waals surface area contributed by atoms with Crippen molar-refractivity contribution in [2.45, 2.75) is 79.3 Å². The maximum absolute atomic E-state index is 9.36. The molecule has 0 amide bonds. The molecule has 0 aliphatic heterocycles. The Balaban J connectivity index is 2.17. The van der Waals surface area contributed by atoms with Crippen LogP contribution in [0.1, 0.15) is 67.2 Å². The van der Waals surface area contributed by atoms with Gasteiger partial charge in [0.2, 0.25) is 0 Å². The smallest absolute Gasteiger partial charge is 0.0446 e. The van der Waals surface area contributed by atoms with E-state index in [1.165, 1.54) is 19.3 Å². The first-order valence-electron chi connectivity index (χ1n) is 7.98. The average Bonchev–Trinajstić information content (AvgIpc) is 2.72. The van der Waals surface area contributed by atoms with Crippen LogP contribution >= 0.6 is 0 Å². The fraction of sp³-hybridized carbons (Fsp3) is 1.00. The van der Waals surface area contributed by atoms with Crippen molar-refractivity contribution in [2.24, 2.45) is 22.2 Å². The molecule has 2 bridgehead atoms. The standard InChI is InChI=1S/C17H33NO/c1-15(2,3)13(8-10-19)18-14-16(4,5)12-7-9-17(14,6)11-12/h12-14,18-19H,7-11H2,1-6H3. The van der Waals surface area contributed by atoms with Crippen LogP contribution in [0, 0.1) is 22.2 Å². The van der Waals surface area contributed by atoms with Gasteiger partial charge in [-0.2, -0.15) is 0 Å². The van der Waals surface area contributed by atoms with Crippen LogP contribution in [0.15, 0.2) is 0 Å². The number of fused-ring (bicyclic) bond motifs is 2. The summed E-state index contributed by atoms with van der Waals surface area (Å²) in [7, 11) is 0. The fourth-order valence-corrected chi connectivity index (χ4v) is 4.81. The number of hydrogen-bond acceptors (Lipinski definition) is 2. The van der Waals surface area contributed by atoms with E-state index >= 15 is 0 Å². The Labute approximate surface area is 119 Å². The maximum atomic E-state index is 9.36. The van der Waals surface area contributed by atoms with Gasteiger partial charge >= 0.3 is 0 Å². The van der Waals surface area contributed by atoms with E-state index in [1.54, 1.807) is 0 Å². The fourth-order valence-electron chi connectivity index (χ4n) is 4.81. The Bertz CT molecular complexity index is 326. The van der Waals surface area contributed by atoms with Crippen LogP contribution in [0.2, 0.25) is 0 Å². The molecule has 2 nitrogen and oxygen atoms in total. The zero-order valence-electron chi connectivity index (χ0n) is 13.7. The van der Waals surface area contributed by atoms with Gasteiger partial charge in [-0.1, -0.05) is 41.5 Å². The predicted octanol–water partition coefficient (Wildman–Crippen LogP) is 3.59. The van der Waals surface area contributed by atoms with Crippen molar-refractivity contribution in [3.63, 3.8) is 0 Å². The second-order valence-electron chi connectivity index (χ2n) is 8.95. The Kier molecular flexibility index (Phi) is 3.81. The van der Waals surface area contributed by atoms with E-state index in [4.69, 9.17) is 0 Å². The van der Waals surface area contributed by atoms with Crippen LogP contribution in [0.3, 0.4) is 0 Å². The third-order valence-electron chi connectivity index (χ3n) is 6.10. The Hall–Kier alpha value is -0.0800. The molecule has 0 heterocycles. The molecule has 0 aromatic carbocycles. The lowest BCUT2D eigenvalue weighted by atomic mass is 9.67. The zero-order valence-corrected chi connectivity index (χ0v) is 13.7. The molecule has 2 fully saturated rings. The first-order valence-corrected chi connectivity index (χ1v) is 7.98. The summed E-state index contributed by atoms with van der Waals surface area (Å²) >= 11 is 0. The van der Waals surface area contributed by atoms with Crippen LogP contribution in [0.4, 0.5) is 0 Å². The number of aliphatic hydroxyl groups is 1. The predicted molar refractivity (Wildman–Crippen MR) is 81.1 cm³/mol. The molecule has 0 spiro atoms. The van der Waals surface area contributed by atoms with E-state index in [0.717, 1.165) is 12.3 Å². The van der Waals surface area contributed by atoms with Crippen LogP contribution < -0.4 is 5.32 Å². The lowest BCUT2D eigenvalue weighted by Gasteiger charge is -2.47. The van der Waals surface area contributed by atoms with E-state index in [9.17, 15) is 5.11 Å². The molecule has 4 unspecified atom stereocenters. The van der Waals surface area contributed by atoms with Gasteiger partial charge < -0.3 is 10.4 Å². The quantitative estimate of drug-likeness (QED) is 0.816. The highest BCUT2D eigenvalue weighted by atomic mass is 16.3. The molecule has 2 aliphatic carbocycles. The second kappa shape index (κ2) is 4.73. The molecule has 0 aromatic rings. The maximum Gasteiger partial charge on any atom is 0.0446 e. The second-order valence-corrected chi connectivity index (χ2v) is 8.95. The molecule has 2 heteroatoms. The van der Waals surface area contributed by atoms with Crippen molar-refractivity contribution in [1.29, 1.82) is 0 Å². The highest BCUT2D eigenvalue weighted by Gasteiger charge is 2.59. The SMILES string of the molecule is CC(C)(C)C(CCO)NC1C2(C)CCC(C2)C1(C)C. The van der Waals surface area contributed by atoms with Crippen LogP contribution in [0.5, 0.6) is 0 Å². The van der Waals surface area contributed by atoms with Crippen LogP contribution in [-0.2, 0) is 0 Å². The Morgan fingerprint density at radius 3 is 2.32 bits per heavy atom. The van der Waals surface area contributed by atoms with Crippen molar-refractivity contribution in [2.75, 3.05) is 6.61 Å². The number of aliphatic hydroxyl groups excluding tert-OH is 1. The Morgan fingerprint density at radius 1 is 1.26 bits per heavy atom. The van der Waals surface area contributed by atoms with Gasteiger partial charge in [0, 0.05) is 18.7 Å². The summed E-state index contributed by atoms with van der Waals surface area (Å²) in [6, 6.07) is 0.993. The highest BCUT2D eigenvalue weighted by Crippen LogP contribution is 2.62. The number of nitrogens with one attached hydrogen (secondary N) is 1. The molecule has 2 rings (SSSR count). The van der Waals surface area contributed by atoms with Crippen molar-refractivity contribution in [3.8, 4) is 0 Å². The minimum Gasteiger partial charge on any atom is -0.396 e. The molecular weight excluding hydrogens is 234 g/mol. The summed E-state index contributed by atoms with van der Waals surface area (Å²) < 4.78 is 0. The van der Waals surface area contributed by atoms with Crippen molar-refractivity contribution in [1.82, 2.24) is 5.32 Å². The minimum atomic E-state index is 0.205. The molecule has 19 heavy (non-hydrogen) atoms. The summed E-state index contributed by atoms with van der Waals surface area (Å²) in [4.78, 5) is 0. The summed E-state index contributed by atoms with van der Waals surface area (Å²) in [5, 5.41) is 13.3. The largest absolute Gasteiger partial charge is 0.396 e. The van der Waals surface area contributed by atoms with Gasteiger partial charge in [-0.3, -0.25) is 0 Å². The lowest BCUT2D eigenvalue weighted by molar-refractivity contribution is 0.0712. The van der Waals surface area contributed by atoms with E-state index in [0.29, 0.717) is 22.9 Å². The molecule has 2 N–H and O–H groups in total. The van der Waals surface area contributed by atoms with Gasteiger partial charge in [-0.15, -0.1) is 0 Å². The number of hydrogen-bond donors (Lipinski definition) is 2. The third kappa shape index (κ3) is 2.58. The normalized spacial score (nSPS) is 38.7. The summed E-state index contributed by atoms with van der Waals surface area (Å²) in [5.41, 5.74) is 1.07. The average molecular weight is 267 g/mol. The van der Waals surface area contributed by atoms with E-state index in [-0.39, 0.29) is 12.0 Å². The van der Waals surface area contributed by atoms with Crippen molar-refractivity contribution >= 4 is 0 Å². The van der Waals surface area contributed by atoms with Gasteiger partial charge in [-0.25, -0.2) is 0 Å². The number of rotatable bonds is 4. The third-order valence-corrected chi connectivity index (χ3v) is 6.10. The first-order chi connectivity index (χ1) is 8.61. The van der Waals surface area contributed by atoms with E-state index in [1.807, 2.05) is 0 Å². The molecule has 0 aromatic heterocycles. The molecule has 4 atom stereocenters. The highest BCUT2D eigenvalue weighted by molar-refractivity contribution is 5.13. The van der Waals surface area contributed by atoms with Gasteiger partial charge in [0.25, 0.3) is 0 Å². The summed E-state index contributed by atoms with van der Waals surface area (Å²) in [6.45, 7) is 14.5. The monoisotopic (exact) mass is 267 g/mol. The minimum absolute atomic E-state index is 0.205. The molecule has 0 saturated heterocycles. The van der Waals surface area contributed by atoms with Gasteiger partial charge in [0.15, 0.2) is 0 Å².